The van der Waals surface area contributed by atoms with Crippen molar-refractivity contribution in [2.75, 3.05) is 13.7 Å². The molecule has 1 aliphatic heterocycles. The zero-order valence-corrected chi connectivity index (χ0v) is 13.9. The van der Waals surface area contributed by atoms with E-state index in [1.165, 1.54) is 7.11 Å². The van der Waals surface area contributed by atoms with Crippen molar-refractivity contribution < 1.29 is 19.1 Å². The van der Waals surface area contributed by atoms with Gasteiger partial charge >= 0.3 is 5.97 Å². The maximum atomic E-state index is 12.1. The van der Waals surface area contributed by atoms with Crippen LogP contribution in [0, 0.1) is 5.92 Å². The van der Waals surface area contributed by atoms with Crippen LogP contribution in [0.15, 0.2) is 0 Å². The molecule has 1 spiro atoms. The van der Waals surface area contributed by atoms with Crippen molar-refractivity contribution in [2.45, 2.75) is 76.4 Å². The summed E-state index contributed by atoms with van der Waals surface area (Å²) in [4.78, 5) is 24.2. The molecule has 1 amide bonds. The SMILES string of the molecule is CCCCCC(=O)NC1CCC2(CCCO2)CC1C(=O)OC. The summed E-state index contributed by atoms with van der Waals surface area (Å²) in [6.45, 7) is 2.90. The fourth-order valence-corrected chi connectivity index (χ4v) is 3.76. The van der Waals surface area contributed by atoms with Crippen LogP contribution in [0.5, 0.6) is 0 Å². The van der Waals surface area contributed by atoms with Gasteiger partial charge in [0.05, 0.1) is 18.6 Å². The molecule has 1 saturated carbocycles. The predicted molar refractivity (Wildman–Crippen MR) is 83.3 cm³/mol. The highest BCUT2D eigenvalue weighted by Gasteiger charge is 2.47. The van der Waals surface area contributed by atoms with Crippen LogP contribution in [-0.4, -0.2) is 37.2 Å². The summed E-state index contributed by atoms with van der Waals surface area (Å²) in [5.41, 5.74) is -0.164. The third-order valence-corrected chi connectivity index (χ3v) is 5.03. The van der Waals surface area contributed by atoms with Crippen LogP contribution in [-0.2, 0) is 19.1 Å². The second kappa shape index (κ2) is 7.95. The Morgan fingerprint density at radius 2 is 2.14 bits per heavy atom. The van der Waals surface area contributed by atoms with Crippen molar-refractivity contribution >= 4 is 11.9 Å². The van der Waals surface area contributed by atoms with E-state index in [0.29, 0.717) is 12.8 Å². The number of rotatable bonds is 6. The highest BCUT2D eigenvalue weighted by atomic mass is 16.5. The molecular formula is C17H29NO4. The molecule has 0 aromatic rings. The minimum absolute atomic E-state index is 0.0515. The molecule has 0 aromatic carbocycles. The van der Waals surface area contributed by atoms with E-state index in [-0.39, 0.29) is 29.4 Å². The smallest absolute Gasteiger partial charge is 0.310 e. The Bertz CT molecular complexity index is 390. The lowest BCUT2D eigenvalue weighted by Crippen LogP contribution is -2.51. The van der Waals surface area contributed by atoms with Gasteiger partial charge in [-0.15, -0.1) is 0 Å². The van der Waals surface area contributed by atoms with E-state index in [2.05, 4.69) is 12.2 Å². The minimum atomic E-state index is -0.285. The van der Waals surface area contributed by atoms with Crippen molar-refractivity contribution in [1.82, 2.24) is 5.32 Å². The Labute approximate surface area is 133 Å². The Hall–Kier alpha value is -1.10. The van der Waals surface area contributed by atoms with E-state index >= 15 is 0 Å². The molecule has 3 atom stereocenters. The van der Waals surface area contributed by atoms with Gasteiger partial charge in [0.2, 0.25) is 5.91 Å². The number of esters is 1. The van der Waals surface area contributed by atoms with Gasteiger partial charge < -0.3 is 14.8 Å². The number of ether oxygens (including phenoxy) is 2. The highest BCUT2D eigenvalue weighted by molar-refractivity contribution is 5.78. The van der Waals surface area contributed by atoms with Crippen LogP contribution in [0.2, 0.25) is 0 Å². The van der Waals surface area contributed by atoms with Gasteiger partial charge in [0, 0.05) is 19.1 Å². The van der Waals surface area contributed by atoms with Crippen LogP contribution in [0.25, 0.3) is 0 Å². The topological polar surface area (TPSA) is 64.6 Å². The summed E-state index contributed by atoms with van der Waals surface area (Å²) in [6, 6.07) is -0.114. The third-order valence-electron chi connectivity index (χ3n) is 5.03. The maximum Gasteiger partial charge on any atom is 0.310 e. The first-order chi connectivity index (χ1) is 10.6. The van der Waals surface area contributed by atoms with Gasteiger partial charge in [-0.1, -0.05) is 19.8 Å². The summed E-state index contributed by atoms with van der Waals surface area (Å²) in [7, 11) is 1.42. The fraction of sp³-hybridized carbons (Fsp3) is 0.882. The molecule has 0 bridgehead atoms. The molecule has 0 radical (unpaired) electrons. The predicted octanol–water partition coefficient (Wildman–Crippen LogP) is 2.57. The Morgan fingerprint density at radius 1 is 1.32 bits per heavy atom. The standard InChI is InChI=1S/C17H29NO4/c1-3-4-5-7-15(19)18-14-8-10-17(9-6-11-22-17)12-13(14)16(20)21-2/h13-14H,3-12H2,1-2H3,(H,18,19). The van der Waals surface area contributed by atoms with E-state index in [0.717, 1.165) is 51.6 Å². The monoisotopic (exact) mass is 311 g/mol. The van der Waals surface area contributed by atoms with Gasteiger partial charge in [-0.25, -0.2) is 0 Å². The molecule has 5 nitrogen and oxygen atoms in total. The molecule has 5 heteroatoms. The summed E-state index contributed by atoms with van der Waals surface area (Å²) in [5, 5.41) is 3.05. The van der Waals surface area contributed by atoms with Crippen LogP contribution in [0.4, 0.5) is 0 Å². The van der Waals surface area contributed by atoms with E-state index < -0.39 is 0 Å². The normalized spacial score (nSPS) is 31.2. The van der Waals surface area contributed by atoms with Crippen molar-refractivity contribution in [2.24, 2.45) is 5.92 Å². The maximum absolute atomic E-state index is 12.1. The molecule has 1 heterocycles. The molecule has 126 valence electrons. The van der Waals surface area contributed by atoms with E-state index in [4.69, 9.17) is 9.47 Å². The molecule has 2 aliphatic rings. The van der Waals surface area contributed by atoms with Crippen LogP contribution in [0.1, 0.15) is 64.7 Å². The number of unbranched alkanes of at least 4 members (excludes halogenated alkanes) is 2. The molecular weight excluding hydrogens is 282 g/mol. The third kappa shape index (κ3) is 4.22. The Kier molecular flexibility index (Phi) is 6.24. The fourth-order valence-electron chi connectivity index (χ4n) is 3.76. The number of carbonyl (C=O) groups is 2. The Balaban J connectivity index is 1.94. The zero-order chi connectivity index (χ0) is 16.0. The number of amides is 1. The molecule has 2 fully saturated rings. The summed E-state index contributed by atoms with van der Waals surface area (Å²) in [5.74, 6) is -0.462. The minimum Gasteiger partial charge on any atom is -0.469 e. The van der Waals surface area contributed by atoms with E-state index in [9.17, 15) is 9.59 Å². The van der Waals surface area contributed by atoms with Gasteiger partial charge in [-0.2, -0.15) is 0 Å². The highest BCUT2D eigenvalue weighted by Crippen LogP contribution is 2.42. The second-order valence-electron chi connectivity index (χ2n) is 6.64. The lowest BCUT2D eigenvalue weighted by atomic mass is 9.73. The van der Waals surface area contributed by atoms with Crippen molar-refractivity contribution in [3.63, 3.8) is 0 Å². The van der Waals surface area contributed by atoms with Gasteiger partial charge in [0.1, 0.15) is 0 Å². The first-order valence-electron chi connectivity index (χ1n) is 8.61. The van der Waals surface area contributed by atoms with Crippen molar-refractivity contribution in [3.05, 3.63) is 0 Å². The average molecular weight is 311 g/mol. The molecule has 22 heavy (non-hydrogen) atoms. The first-order valence-corrected chi connectivity index (χ1v) is 8.61. The quantitative estimate of drug-likeness (QED) is 0.605. The van der Waals surface area contributed by atoms with Gasteiger partial charge in [-0.3, -0.25) is 9.59 Å². The lowest BCUT2D eigenvalue weighted by molar-refractivity contribution is -0.153. The second-order valence-corrected chi connectivity index (χ2v) is 6.64. The van der Waals surface area contributed by atoms with Crippen molar-refractivity contribution in [3.8, 4) is 0 Å². The molecule has 0 aromatic heterocycles. The Morgan fingerprint density at radius 3 is 2.77 bits per heavy atom. The molecule has 3 unspecified atom stereocenters. The average Bonchev–Trinajstić information content (AvgIpc) is 2.97. The zero-order valence-electron chi connectivity index (χ0n) is 13.9. The van der Waals surface area contributed by atoms with Crippen molar-refractivity contribution in [1.29, 1.82) is 0 Å². The first kappa shape index (κ1) is 17.3. The molecule has 1 aliphatic carbocycles. The van der Waals surface area contributed by atoms with Gasteiger partial charge in [-0.05, 0) is 38.5 Å². The van der Waals surface area contributed by atoms with Crippen LogP contribution in [0.3, 0.4) is 0 Å². The summed E-state index contributed by atoms with van der Waals surface area (Å²) in [6.07, 6.45) is 8.06. The molecule has 1 N–H and O–H groups in total. The number of nitrogens with one attached hydrogen (secondary N) is 1. The van der Waals surface area contributed by atoms with Crippen LogP contribution < -0.4 is 5.32 Å². The summed E-state index contributed by atoms with van der Waals surface area (Å²) >= 11 is 0. The van der Waals surface area contributed by atoms with Crippen LogP contribution >= 0.6 is 0 Å². The number of methoxy groups -OCH3 is 1. The number of carbonyl (C=O) groups excluding carboxylic acids is 2. The van der Waals surface area contributed by atoms with Gasteiger partial charge in [0.25, 0.3) is 0 Å². The van der Waals surface area contributed by atoms with E-state index in [1.54, 1.807) is 0 Å². The molecule has 1 saturated heterocycles. The molecule has 2 rings (SSSR count). The van der Waals surface area contributed by atoms with E-state index in [1.807, 2.05) is 0 Å². The number of hydrogen-bond donors (Lipinski definition) is 1. The summed E-state index contributed by atoms with van der Waals surface area (Å²) < 4.78 is 10.9. The largest absolute Gasteiger partial charge is 0.469 e. The lowest BCUT2D eigenvalue weighted by Gasteiger charge is -2.41. The van der Waals surface area contributed by atoms with Gasteiger partial charge in [0.15, 0.2) is 0 Å². The number of hydrogen-bond acceptors (Lipinski definition) is 4.